The number of hydrogen-bond donors (Lipinski definition) is 1. The molecule has 2 rings (SSSR count). The lowest BCUT2D eigenvalue weighted by Crippen LogP contribution is -2.10. The molecule has 0 aliphatic heterocycles. The van der Waals surface area contributed by atoms with Crippen molar-refractivity contribution in [3.63, 3.8) is 0 Å². The SMILES string of the molecule is Cn1cnc(-c2ccccc2NS(C)(=O)=O)n1. The van der Waals surface area contributed by atoms with Crippen molar-refractivity contribution in [1.82, 2.24) is 14.8 Å². The van der Waals surface area contributed by atoms with Crippen molar-refractivity contribution in [3.05, 3.63) is 30.6 Å². The second kappa shape index (κ2) is 4.17. The van der Waals surface area contributed by atoms with Gasteiger partial charge in [0.15, 0.2) is 5.82 Å². The normalized spacial score (nSPS) is 11.4. The average molecular weight is 252 g/mol. The summed E-state index contributed by atoms with van der Waals surface area (Å²) in [6, 6.07) is 6.99. The van der Waals surface area contributed by atoms with Gasteiger partial charge in [-0.3, -0.25) is 9.40 Å². The molecule has 0 bridgehead atoms. The first kappa shape index (κ1) is 11.6. The monoisotopic (exact) mass is 252 g/mol. The van der Waals surface area contributed by atoms with Gasteiger partial charge in [-0.25, -0.2) is 13.4 Å². The molecule has 1 aromatic heterocycles. The molecule has 0 fully saturated rings. The lowest BCUT2D eigenvalue weighted by Gasteiger charge is -2.07. The fourth-order valence-electron chi connectivity index (χ4n) is 1.43. The number of nitrogens with zero attached hydrogens (tertiary/aromatic N) is 3. The topological polar surface area (TPSA) is 76.9 Å². The number of anilines is 1. The van der Waals surface area contributed by atoms with Crippen LogP contribution in [0.1, 0.15) is 0 Å². The number of benzene rings is 1. The Hall–Kier alpha value is -1.89. The minimum absolute atomic E-state index is 0.473. The van der Waals surface area contributed by atoms with Crippen LogP contribution in [0.4, 0.5) is 5.69 Å². The molecule has 1 aromatic carbocycles. The molecular weight excluding hydrogens is 240 g/mol. The molecule has 1 heterocycles. The van der Waals surface area contributed by atoms with Crippen LogP contribution >= 0.6 is 0 Å². The zero-order valence-electron chi connectivity index (χ0n) is 9.45. The van der Waals surface area contributed by atoms with Crippen molar-refractivity contribution >= 4 is 15.7 Å². The second-order valence-electron chi connectivity index (χ2n) is 3.66. The molecule has 0 amide bonds. The van der Waals surface area contributed by atoms with Gasteiger partial charge in [-0.05, 0) is 12.1 Å². The molecule has 0 unspecified atom stereocenters. The lowest BCUT2D eigenvalue weighted by molar-refractivity contribution is 0.607. The summed E-state index contributed by atoms with van der Waals surface area (Å²) in [5.74, 6) is 0.485. The number of rotatable bonds is 3. The predicted molar refractivity (Wildman–Crippen MR) is 64.9 cm³/mol. The van der Waals surface area contributed by atoms with E-state index in [1.165, 1.54) is 0 Å². The van der Waals surface area contributed by atoms with Crippen molar-refractivity contribution in [2.45, 2.75) is 0 Å². The Kier molecular flexibility index (Phi) is 2.84. The van der Waals surface area contributed by atoms with Crippen LogP contribution in [-0.4, -0.2) is 29.4 Å². The molecule has 0 radical (unpaired) electrons. The van der Waals surface area contributed by atoms with Gasteiger partial charge in [-0.1, -0.05) is 12.1 Å². The third-order valence-electron chi connectivity index (χ3n) is 2.06. The smallest absolute Gasteiger partial charge is 0.229 e. The summed E-state index contributed by atoms with van der Waals surface area (Å²) < 4.78 is 26.5. The summed E-state index contributed by atoms with van der Waals surface area (Å²) in [7, 11) is -1.56. The van der Waals surface area contributed by atoms with Crippen molar-refractivity contribution in [2.75, 3.05) is 11.0 Å². The molecule has 0 spiro atoms. The van der Waals surface area contributed by atoms with E-state index in [0.717, 1.165) is 6.26 Å². The number of hydrogen-bond acceptors (Lipinski definition) is 4. The molecule has 1 N–H and O–H groups in total. The van der Waals surface area contributed by atoms with Crippen molar-refractivity contribution < 1.29 is 8.42 Å². The summed E-state index contributed by atoms with van der Waals surface area (Å²) in [6.07, 6.45) is 2.67. The second-order valence-corrected chi connectivity index (χ2v) is 5.41. The van der Waals surface area contributed by atoms with E-state index in [2.05, 4.69) is 14.8 Å². The molecule has 6 nitrogen and oxygen atoms in total. The summed E-state index contributed by atoms with van der Waals surface area (Å²) >= 11 is 0. The number of sulfonamides is 1. The molecule has 90 valence electrons. The van der Waals surface area contributed by atoms with Crippen LogP contribution in [0.5, 0.6) is 0 Å². The van der Waals surface area contributed by atoms with Gasteiger partial charge in [0.2, 0.25) is 10.0 Å². The van der Waals surface area contributed by atoms with E-state index >= 15 is 0 Å². The van der Waals surface area contributed by atoms with E-state index in [0.29, 0.717) is 17.1 Å². The average Bonchev–Trinajstić information content (AvgIpc) is 2.63. The van der Waals surface area contributed by atoms with Gasteiger partial charge >= 0.3 is 0 Å². The Labute approximate surface area is 99.4 Å². The molecule has 2 aromatic rings. The van der Waals surface area contributed by atoms with Crippen molar-refractivity contribution in [3.8, 4) is 11.4 Å². The van der Waals surface area contributed by atoms with Crippen LogP contribution in [0.3, 0.4) is 0 Å². The minimum Gasteiger partial charge on any atom is -0.283 e. The van der Waals surface area contributed by atoms with Gasteiger partial charge in [0, 0.05) is 12.6 Å². The zero-order chi connectivity index (χ0) is 12.5. The third kappa shape index (κ3) is 2.82. The molecular formula is C10H12N4O2S. The highest BCUT2D eigenvalue weighted by molar-refractivity contribution is 7.92. The van der Waals surface area contributed by atoms with Crippen LogP contribution in [0.2, 0.25) is 0 Å². The summed E-state index contributed by atoms with van der Waals surface area (Å²) in [4.78, 5) is 4.09. The quantitative estimate of drug-likeness (QED) is 0.878. The van der Waals surface area contributed by atoms with E-state index < -0.39 is 10.0 Å². The van der Waals surface area contributed by atoms with Crippen LogP contribution in [-0.2, 0) is 17.1 Å². The van der Waals surface area contributed by atoms with Gasteiger partial charge in [0.25, 0.3) is 0 Å². The third-order valence-corrected chi connectivity index (χ3v) is 2.65. The highest BCUT2D eigenvalue weighted by Gasteiger charge is 2.11. The number of aromatic nitrogens is 3. The van der Waals surface area contributed by atoms with E-state index in [9.17, 15) is 8.42 Å². The van der Waals surface area contributed by atoms with Crippen LogP contribution in [0, 0.1) is 0 Å². The van der Waals surface area contributed by atoms with Crippen LogP contribution < -0.4 is 4.72 Å². The molecule has 17 heavy (non-hydrogen) atoms. The number of para-hydroxylation sites is 1. The van der Waals surface area contributed by atoms with Gasteiger partial charge in [-0.15, -0.1) is 0 Å². The fraction of sp³-hybridized carbons (Fsp3) is 0.200. The molecule has 0 aliphatic rings. The molecule has 0 saturated carbocycles. The van der Waals surface area contributed by atoms with Crippen LogP contribution in [0.25, 0.3) is 11.4 Å². The first-order valence-corrected chi connectivity index (χ1v) is 6.78. The van der Waals surface area contributed by atoms with Crippen molar-refractivity contribution in [2.24, 2.45) is 7.05 Å². The van der Waals surface area contributed by atoms with Gasteiger partial charge in [0.1, 0.15) is 6.33 Å². The van der Waals surface area contributed by atoms with Gasteiger partial charge < -0.3 is 0 Å². The highest BCUT2D eigenvalue weighted by atomic mass is 32.2. The molecule has 0 saturated heterocycles. The Bertz CT molecular complexity index is 633. The maximum absolute atomic E-state index is 11.2. The first-order chi connectivity index (χ1) is 7.96. The molecule has 0 atom stereocenters. The summed E-state index contributed by atoms with van der Waals surface area (Å²) in [5.41, 5.74) is 1.12. The van der Waals surface area contributed by atoms with E-state index in [-0.39, 0.29) is 0 Å². The maximum atomic E-state index is 11.2. The Morgan fingerprint density at radius 2 is 2.00 bits per heavy atom. The fourth-order valence-corrected chi connectivity index (χ4v) is 2.01. The van der Waals surface area contributed by atoms with E-state index in [1.807, 2.05) is 0 Å². The predicted octanol–water partition coefficient (Wildman–Crippen LogP) is 0.854. The standard InChI is InChI=1S/C10H12N4O2S/c1-14-7-11-10(12-14)8-5-3-4-6-9(8)13-17(2,15)16/h3-7,13H,1-2H3. The first-order valence-electron chi connectivity index (χ1n) is 4.88. The minimum atomic E-state index is -3.31. The maximum Gasteiger partial charge on any atom is 0.229 e. The van der Waals surface area contributed by atoms with E-state index in [1.54, 1.807) is 42.3 Å². The Balaban J connectivity index is 2.48. The summed E-state index contributed by atoms with van der Waals surface area (Å²) in [6.45, 7) is 0. The van der Waals surface area contributed by atoms with Crippen molar-refractivity contribution in [1.29, 1.82) is 0 Å². The number of nitrogens with one attached hydrogen (secondary N) is 1. The highest BCUT2D eigenvalue weighted by Crippen LogP contribution is 2.25. The lowest BCUT2D eigenvalue weighted by atomic mass is 10.2. The Morgan fingerprint density at radius 3 is 2.59 bits per heavy atom. The largest absolute Gasteiger partial charge is 0.283 e. The van der Waals surface area contributed by atoms with E-state index in [4.69, 9.17) is 0 Å². The summed E-state index contributed by atoms with van der Waals surface area (Å²) in [5, 5.41) is 4.14. The van der Waals surface area contributed by atoms with Gasteiger partial charge in [0.05, 0.1) is 11.9 Å². The molecule has 0 aliphatic carbocycles. The van der Waals surface area contributed by atoms with Gasteiger partial charge in [-0.2, -0.15) is 5.10 Å². The van der Waals surface area contributed by atoms with Crippen LogP contribution in [0.15, 0.2) is 30.6 Å². The number of aryl methyl sites for hydroxylation is 1. The molecule has 7 heteroatoms. The Morgan fingerprint density at radius 1 is 1.29 bits per heavy atom. The zero-order valence-corrected chi connectivity index (χ0v) is 10.3.